The molecule has 0 bridgehead atoms. The Kier molecular flexibility index (Phi) is 2.81. The van der Waals surface area contributed by atoms with Crippen LogP contribution in [0.3, 0.4) is 0 Å². The van der Waals surface area contributed by atoms with Crippen molar-refractivity contribution in [2.75, 3.05) is 19.8 Å². The number of alkyl halides is 1. The summed E-state index contributed by atoms with van der Waals surface area (Å²) in [6, 6.07) is 6.34. The Hall–Kier alpha value is -1.42. The Labute approximate surface area is 99.6 Å². The van der Waals surface area contributed by atoms with Gasteiger partial charge < -0.3 is 0 Å². The molecule has 1 fully saturated rings. The van der Waals surface area contributed by atoms with Crippen molar-refractivity contribution in [2.45, 2.75) is 13.0 Å². The van der Waals surface area contributed by atoms with Gasteiger partial charge in [-0.2, -0.15) is 5.10 Å². The number of hydrogen-bond donors (Lipinski definition) is 1. The molecule has 1 aliphatic rings. The molecule has 3 nitrogen and oxygen atoms in total. The van der Waals surface area contributed by atoms with Crippen LogP contribution in [0.15, 0.2) is 24.4 Å². The predicted octanol–water partition coefficient (Wildman–Crippen LogP) is 2.35. The summed E-state index contributed by atoms with van der Waals surface area (Å²) < 4.78 is 12.5. The Balaban J connectivity index is 1.72. The van der Waals surface area contributed by atoms with Crippen molar-refractivity contribution in [1.82, 2.24) is 15.1 Å². The first kappa shape index (κ1) is 10.7. The maximum atomic E-state index is 12.5. The van der Waals surface area contributed by atoms with Gasteiger partial charge in [0.2, 0.25) is 0 Å². The van der Waals surface area contributed by atoms with Crippen LogP contribution in [-0.4, -0.2) is 34.9 Å². The molecule has 0 saturated carbocycles. The number of aromatic amines is 1. The minimum absolute atomic E-state index is 0.184. The third-order valence-electron chi connectivity index (χ3n) is 3.50. The van der Waals surface area contributed by atoms with Crippen LogP contribution in [0.25, 0.3) is 10.9 Å². The van der Waals surface area contributed by atoms with Gasteiger partial charge in [-0.3, -0.25) is 14.4 Å². The monoisotopic (exact) mass is 233 g/mol. The van der Waals surface area contributed by atoms with Crippen molar-refractivity contribution in [3.05, 3.63) is 30.0 Å². The standard InChI is InChI=1S/C13H16FN3/c14-6-11-3-4-17(9-11)8-10-1-2-12-7-15-16-13(12)5-10/h1-2,5,7,11H,3-4,6,8-9H2,(H,15,16)/t11-/m0/s1. The average molecular weight is 233 g/mol. The first-order chi connectivity index (χ1) is 8.35. The van der Waals surface area contributed by atoms with Gasteiger partial charge in [0, 0.05) is 24.4 Å². The van der Waals surface area contributed by atoms with Crippen LogP contribution in [0, 0.1) is 5.92 Å². The maximum Gasteiger partial charge on any atom is 0.0935 e. The number of fused-ring (bicyclic) bond motifs is 1. The normalized spacial score (nSPS) is 21.4. The third-order valence-corrected chi connectivity index (χ3v) is 3.50. The molecule has 1 aromatic carbocycles. The van der Waals surface area contributed by atoms with Crippen molar-refractivity contribution in [2.24, 2.45) is 5.92 Å². The second-order valence-corrected chi connectivity index (χ2v) is 4.84. The van der Waals surface area contributed by atoms with E-state index < -0.39 is 0 Å². The summed E-state index contributed by atoms with van der Waals surface area (Å²) in [5, 5.41) is 8.12. The topological polar surface area (TPSA) is 31.9 Å². The fraction of sp³-hybridized carbons (Fsp3) is 0.462. The van der Waals surface area contributed by atoms with Crippen LogP contribution in [0.4, 0.5) is 4.39 Å². The first-order valence-corrected chi connectivity index (χ1v) is 6.05. The molecule has 1 aliphatic heterocycles. The molecule has 0 unspecified atom stereocenters. The number of hydrogen-bond acceptors (Lipinski definition) is 2. The molecule has 0 aliphatic carbocycles. The summed E-state index contributed by atoms with van der Waals surface area (Å²) in [7, 11) is 0. The highest BCUT2D eigenvalue weighted by Crippen LogP contribution is 2.20. The molecule has 0 amide bonds. The van der Waals surface area contributed by atoms with Crippen molar-refractivity contribution in [3.8, 4) is 0 Å². The van der Waals surface area contributed by atoms with E-state index in [1.165, 1.54) is 5.56 Å². The van der Waals surface area contributed by atoms with Gasteiger partial charge in [0.15, 0.2) is 0 Å². The molecule has 0 radical (unpaired) electrons. The van der Waals surface area contributed by atoms with E-state index in [9.17, 15) is 4.39 Å². The highest BCUT2D eigenvalue weighted by Gasteiger charge is 2.22. The molecule has 3 rings (SSSR count). The highest BCUT2D eigenvalue weighted by atomic mass is 19.1. The lowest BCUT2D eigenvalue weighted by molar-refractivity contribution is 0.296. The summed E-state index contributed by atoms with van der Waals surface area (Å²) in [4.78, 5) is 2.32. The molecular formula is C13H16FN3. The Bertz CT molecular complexity index is 508. The lowest BCUT2D eigenvalue weighted by Gasteiger charge is -2.15. The van der Waals surface area contributed by atoms with E-state index in [-0.39, 0.29) is 12.6 Å². The Morgan fingerprint density at radius 3 is 3.24 bits per heavy atom. The number of benzene rings is 1. The van der Waals surface area contributed by atoms with Crippen LogP contribution in [0.1, 0.15) is 12.0 Å². The number of aromatic nitrogens is 2. The first-order valence-electron chi connectivity index (χ1n) is 6.05. The zero-order valence-corrected chi connectivity index (χ0v) is 9.69. The highest BCUT2D eigenvalue weighted by molar-refractivity contribution is 5.78. The molecule has 2 aromatic rings. The van der Waals surface area contributed by atoms with Gasteiger partial charge in [-0.15, -0.1) is 0 Å². The number of rotatable bonds is 3. The third kappa shape index (κ3) is 2.17. The molecule has 2 heterocycles. The SMILES string of the molecule is FC[C@@H]1CCN(Cc2ccc3cn[nH]c3c2)C1. The number of H-pyrrole nitrogens is 1. The largest absolute Gasteiger partial charge is 0.299 e. The molecule has 17 heavy (non-hydrogen) atoms. The van der Waals surface area contributed by atoms with E-state index in [1.54, 1.807) is 0 Å². The van der Waals surface area contributed by atoms with Crippen molar-refractivity contribution in [3.63, 3.8) is 0 Å². The zero-order valence-electron chi connectivity index (χ0n) is 9.69. The molecule has 1 atom stereocenters. The van der Waals surface area contributed by atoms with Gasteiger partial charge in [-0.1, -0.05) is 12.1 Å². The summed E-state index contributed by atoms with van der Waals surface area (Å²) >= 11 is 0. The summed E-state index contributed by atoms with van der Waals surface area (Å²) in [6.07, 6.45) is 2.82. The lowest BCUT2D eigenvalue weighted by Crippen LogP contribution is -2.20. The van der Waals surface area contributed by atoms with Gasteiger partial charge in [-0.05, 0) is 24.6 Å². The van der Waals surface area contributed by atoms with Crippen LogP contribution >= 0.6 is 0 Å². The average Bonchev–Trinajstić information content (AvgIpc) is 2.96. The molecular weight excluding hydrogens is 217 g/mol. The van der Waals surface area contributed by atoms with Gasteiger partial charge in [0.1, 0.15) is 0 Å². The van der Waals surface area contributed by atoms with Gasteiger partial charge >= 0.3 is 0 Å². The fourth-order valence-electron chi connectivity index (χ4n) is 2.52. The minimum Gasteiger partial charge on any atom is -0.299 e. The van der Waals surface area contributed by atoms with E-state index in [1.807, 2.05) is 6.20 Å². The van der Waals surface area contributed by atoms with Gasteiger partial charge in [0.25, 0.3) is 0 Å². The van der Waals surface area contributed by atoms with Gasteiger partial charge in [-0.25, -0.2) is 0 Å². The van der Waals surface area contributed by atoms with Crippen LogP contribution in [0.2, 0.25) is 0 Å². The molecule has 0 spiro atoms. The quantitative estimate of drug-likeness (QED) is 0.882. The van der Waals surface area contributed by atoms with E-state index in [0.717, 1.165) is 37.0 Å². The molecule has 1 N–H and O–H groups in total. The van der Waals surface area contributed by atoms with Gasteiger partial charge in [0.05, 0.1) is 18.4 Å². The Morgan fingerprint density at radius 1 is 1.47 bits per heavy atom. The summed E-state index contributed by atoms with van der Waals surface area (Å²) in [5.41, 5.74) is 2.34. The van der Waals surface area contributed by atoms with Crippen molar-refractivity contribution >= 4 is 10.9 Å². The Morgan fingerprint density at radius 2 is 2.41 bits per heavy atom. The summed E-state index contributed by atoms with van der Waals surface area (Å²) in [6.45, 7) is 2.62. The van der Waals surface area contributed by atoms with Crippen molar-refractivity contribution in [1.29, 1.82) is 0 Å². The van der Waals surface area contributed by atoms with E-state index in [2.05, 4.69) is 33.3 Å². The molecule has 4 heteroatoms. The summed E-state index contributed by atoms with van der Waals surface area (Å²) in [5.74, 6) is 0.242. The number of likely N-dealkylation sites (tertiary alicyclic amines) is 1. The van der Waals surface area contributed by atoms with E-state index in [4.69, 9.17) is 0 Å². The van der Waals surface area contributed by atoms with Crippen LogP contribution in [-0.2, 0) is 6.54 Å². The minimum atomic E-state index is -0.184. The fourth-order valence-corrected chi connectivity index (χ4v) is 2.52. The van der Waals surface area contributed by atoms with Crippen LogP contribution < -0.4 is 0 Å². The van der Waals surface area contributed by atoms with Crippen molar-refractivity contribution < 1.29 is 4.39 Å². The molecule has 90 valence electrons. The second-order valence-electron chi connectivity index (χ2n) is 4.84. The lowest BCUT2D eigenvalue weighted by atomic mass is 10.1. The smallest absolute Gasteiger partial charge is 0.0935 e. The number of nitrogens with one attached hydrogen (secondary N) is 1. The number of nitrogens with zero attached hydrogens (tertiary/aromatic N) is 2. The molecule has 1 aromatic heterocycles. The second kappa shape index (κ2) is 4.45. The molecule has 1 saturated heterocycles. The predicted molar refractivity (Wildman–Crippen MR) is 65.5 cm³/mol. The van der Waals surface area contributed by atoms with E-state index in [0.29, 0.717) is 0 Å². The zero-order chi connectivity index (χ0) is 11.7. The van der Waals surface area contributed by atoms with E-state index >= 15 is 0 Å². The maximum absolute atomic E-state index is 12.5. The number of halogens is 1. The van der Waals surface area contributed by atoms with Crippen LogP contribution in [0.5, 0.6) is 0 Å².